The van der Waals surface area contributed by atoms with Gasteiger partial charge in [-0.2, -0.15) is 4.98 Å². The van der Waals surface area contributed by atoms with Crippen molar-refractivity contribution in [3.63, 3.8) is 0 Å². The molecule has 0 bridgehead atoms. The summed E-state index contributed by atoms with van der Waals surface area (Å²) >= 11 is 5.58. The molecule has 0 spiro atoms. The summed E-state index contributed by atoms with van der Waals surface area (Å²) < 4.78 is 5.26. The molecule has 0 unspecified atom stereocenters. The number of rotatable bonds is 4. The Kier molecular flexibility index (Phi) is 3.92. The van der Waals surface area contributed by atoms with Crippen molar-refractivity contribution in [3.8, 4) is 5.88 Å². The Morgan fingerprint density at radius 3 is 3.08 bits per heavy atom. The summed E-state index contributed by atoms with van der Waals surface area (Å²) in [6.45, 7) is 2.38. The molecule has 1 N–H and O–H groups in total. The van der Waals surface area contributed by atoms with Gasteiger partial charge < -0.3 is 9.84 Å². The summed E-state index contributed by atoms with van der Waals surface area (Å²) in [6, 6.07) is 0. The molecule has 1 aromatic rings. The molecule has 1 rings (SSSR count). The van der Waals surface area contributed by atoms with Gasteiger partial charge >= 0.3 is 0 Å². The first kappa shape index (κ1) is 10.2. The van der Waals surface area contributed by atoms with Crippen LogP contribution in [-0.4, -0.2) is 28.3 Å². The van der Waals surface area contributed by atoms with Gasteiger partial charge in [-0.15, -0.1) is 0 Å². The van der Waals surface area contributed by atoms with E-state index in [4.69, 9.17) is 21.4 Å². The molecular formula is C8H11ClN2O2. The molecule has 1 heterocycles. The molecule has 0 fully saturated rings. The summed E-state index contributed by atoms with van der Waals surface area (Å²) in [7, 11) is 0. The van der Waals surface area contributed by atoms with E-state index in [0.29, 0.717) is 18.9 Å². The predicted octanol–water partition coefficient (Wildman–Crippen LogP) is 1.20. The van der Waals surface area contributed by atoms with Gasteiger partial charge in [-0.05, 0) is 18.5 Å². The van der Waals surface area contributed by atoms with E-state index >= 15 is 0 Å². The number of halogens is 1. The van der Waals surface area contributed by atoms with Crippen LogP contribution in [0.15, 0.2) is 6.20 Å². The Morgan fingerprint density at radius 2 is 2.38 bits per heavy atom. The maximum atomic E-state index is 8.53. The minimum atomic E-state index is 0.109. The molecule has 0 aliphatic rings. The lowest BCUT2D eigenvalue weighted by atomic mass is 10.4. The van der Waals surface area contributed by atoms with Crippen LogP contribution in [0.2, 0.25) is 5.28 Å². The summed E-state index contributed by atoms with van der Waals surface area (Å²) in [5, 5.41) is 8.70. The Hall–Kier alpha value is -0.870. The highest BCUT2D eigenvalue weighted by molar-refractivity contribution is 6.28. The third-order valence-electron chi connectivity index (χ3n) is 1.44. The van der Waals surface area contributed by atoms with Gasteiger partial charge in [0.15, 0.2) is 0 Å². The molecule has 0 atom stereocenters. The zero-order valence-electron chi connectivity index (χ0n) is 7.33. The highest BCUT2D eigenvalue weighted by Crippen LogP contribution is 2.14. The molecule has 72 valence electrons. The van der Waals surface area contributed by atoms with Crippen molar-refractivity contribution in [3.05, 3.63) is 17.0 Å². The molecule has 0 radical (unpaired) electrons. The molecule has 0 saturated carbocycles. The van der Waals surface area contributed by atoms with Crippen LogP contribution in [0.3, 0.4) is 0 Å². The van der Waals surface area contributed by atoms with Gasteiger partial charge in [0, 0.05) is 24.8 Å². The van der Waals surface area contributed by atoms with E-state index in [1.54, 1.807) is 6.20 Å². The Labute approximate surface area is 81.5 Å². The van der Waals surface area contributed by atoms with E-state index in [9.17, 15) is 0 Å². The minimum Gasteiger partial charge on any atom is -0.477 e. The monoisotopic (exact) mass is 202 g/mol. The van der Waals surface area contributed by atoms with Crippen molar-refractivity contribution in [1.82, 2.24) is 9.97 Å². The lowest BCUT2D eigenvalue weighted by molar-refractivity contribution is 0.228. The quantitative estimate of drug-likeness (QED) is 0.589. The molecular weight excluding hydrogens is 192 g/mol. The highest BCUT2D eigenvalue weighted by Gasteiger charge is 2.02. The highest BCUT2D eigenvalue weighted by atomic mass is 35.5. The number of nitrogens with zero attached hydrogens (tertiary/aromatic N) is 2. The first-order valence-corrected chi connectivity index (χ1v) is 4.34. The molecule has 0 amide bonds. The van der Waals surface area contributed by atoms with Gasteiger partial charge in [-0.3, -0.25) is 0 Å². The maximum absolute atomic E-state index is 8.53. The maximum Gasteiger partial charge on any atom is 0.225 e. The lowest BCUT2D eigenvalue weighted by Gasteiger charge is -2.05. The van der Waals surface area contributed by atoms with Gasteiger partial charge in [-0.1, -0.05) is 0 Å². The van der Waals surface area contributed by atoms with Crippen LogP contribution in [-0.2, 0) is 0 Å². The normalized spacial score (nSPS) is 10.1. The van der Waals surface area contributed by atoms with Gasteiger partial charge in [0.05, 0.1) is 6.61 Å². The van der Waals surface area contributed by atoms with Crippen molar-refractivity contribution in [2.45, 2.75) is 13.3 Å². The number of aliphatic hydroxyl groups excluding tert-OH is 1. The van der Waals surface area contributed by atoms with Gasteiger partial charge in [0.25, 0.3) is 0 Å². The molecule has 1 aromatic heterocycles. The minimum absolute atomic E-state index is 0.109. The fourth-order valence-electron chi connectivity index (χ4n) is 0.786. The van der Waals surface area contributed by atoms with Gasteiger partial charge in [-0.25, -0.2) is 4.98 Å². The second-order valence-corrected chi connectivity index (χ2v) is 2.89. The lowest BCUT2D eigenvalue weighted by Crippen LogP contribution is -2.03. The van der Waals surface area contributed by atoms with Crippen LogP contribution in [0, 0.1) is 6.92 Å². The number of aromatic nitrogens is 2. The third kappa shape index (κ3) is 3.16. The fraction of sp³-hybridized carbons (Fsp3) is 0.500. The molecule has 0 aliphatic carbocycles. The van der Waals surface area contributed by atoms with Crippen LogP contribution in [0.4, 0.5) is 0 Å². The van der Waals surface area contributed by atoms with Gasteiger partial charge in [0.2, 0.25) is 11.2 Å². The van der Waals surface area contributed by atoms with Crippen molar-refractivity contribution < 1.29 is 9.84 Å². The summed E-state index contributed by atoms with van der Waals surface area (Å²) in [4.78, 5) is 7.69. The van der Waals surface area contributed by atoms with Crippen molar-refractivity contribution in [2.75, 3.05) is 13.2 Å². The number of ether oxygens (including phenoxy) is 1. The zero-order chi connectivity index (χ0) is 9.68. The third-order valence-corrected chi connectivity index (χ3v) is 1.62. The summed E-state index contributed by atoms with van der Waals surface area (Å²) in [5.41, 5.74) is 0.835. The summed E-state index contributed by atoms with van der Waals surface area (Å²) in [6.07, 6.45) is 2.19. The first-order chi connectivity index (χ1) is 6.24. The fourth-order valence-corrected chi connectivity index (χ4v) is 0.911. The standard InChI is InChI=1S/C8H11ClN2O2/c1-6-5-10-8(9)11-7(6)13-4-2-3-12/h5,12H,2-4H2,1H3. The van der Waals surface area contributed by atoms with E-state index in [2.05, 4.69) is 9.97 Å². The number of aryl methyl sites for hydroxylation is 1. The smallest absolute Gasteiger partial charge is 0.225 e. The molecule has 0 aromatic carbocycles. The average molecular weight is 203 g/mol. The van der Waals surface area contributed by atoms with Crippen LogP contribution >= 0.6 is 11.6 Å². The number of aliphatic hydroxyl groups is 1. The van der Waals surface area contributed by atoms with Crippen molar-refractivity contribution in [2.24, 2.45) is 0 Å². The summed E-state index contributed by atoms with van der Waals surface area (Å²) in [5.74, 6) is 0.480. The zero-order valence-corrected chi connectivity index (χ0v) is 8.08. The van der Waals surface area contributed by atoms with Gasteiger partial charge in [0.1, 0.15) is 0 Å². The average Bonchev–Trinajstić information content (AvgIpc) is 2.11. The van der Waals surface area contributed by atoms with Crippen LogP contribution in [0.1, 0.15) is 12.0 Å². The number of hydrogen-bond acceptors (Lipinski definition) is 4. The predicted molar refractivity (Wildman–Crippen MR) is 49.0 cm³/mol. The largest absolute Gasteiger partial charge is 0.477 e. The van der Waals surface area contributed by atoms with Crippen LogP contribution in [0.25, 0.3) is 0 Å². The van der Waals surface area contributed by atoms with E-state index in [-0.39, 0.29) is 11.9 Å². The van der Waals surface area contributed by atoms with Crippen LogP contribution < -0.4 is 4.74 Å². The Morgan fingerprint density at radius 1 is 1.62 bits per heavy atom. The number of hydrogen-bond donors (Lipinski definition) is 1. The van der Waals surface area contributed by atoms with E-state index in [1.165, 1.54) is 0 Å². The molecule has 5 heteroatoms. The first-order valence-electron chi connectivity index (χ1n) is 3.97. The Bertz CT molecular complexity index is 281. The SMILES string of the molecule is Cc1cnc(Cl)nc1OCCCO. The van der Waals surface area contributed by atoms with Crippen LogP contribution in [0.5, 0.6) is 5.88 Å². The molecule has 4 nitrogen and oxygen atoms in total. The Balaban J connectivity index is 2.59. The van der Waals surface area contributed by atoms with E-state index in [1.807, 2.05) is 6.92 Å². The topological polar surface area (TPSA) is 55.2 Å². The van der Waals surface area contributed by atoms with E-state index in [0.717, 1.165) is 5.56 Å². The molecule has 13 heavy (non-hydrogen) atoms. The van der Waals surface area contributed by atoms with Crippen molar-refractivity contribution in [1.29, 1.82) is 0 Å². The van der Waals surface area contributed by atoms with E-state index < -0.39 is 0 Å². The molecule has 0 saturated heterocycles. The second-order valence-electron chi connectivity index (χ2n) is 2.55. The molecule has 0 aliphatic heterocycles. The van der Waals surface area contributed by atoms with Crippen molar-refractivity contribution >= 4 is 11.6 Å². The second kappa shape index (κ2) is 4.99.